The molecular formula is C12H12OS. The molecule has 0 aliphatic heterocycles. The molecule has 1 heterocycles. The van der Waals surface area contributed by atoms with Gasteiger partial charge in [-0.1, -0.05) is 19.1 Å². The minimum atomic E-state index is 0.264. The maximum Gasteiger partial charge on any atom is 0.164 e. The largest absolute Gasteiger partial charge is 0.294 e. The third-order valence-electron chi connectivity index (χ3n) is 2.26. The first kappa shape index (κ1) is 9.41. The molecule has 2 rings (SSSR count). The Kier molecular flexibility index (Phi) is 2.64. The molecule has 0 spiro atoms. The maximum atomic E-state index is 11.8. The number of benzene rings is 1. The minimum absolute atomic E-state index is 0.264. The van der Waals surface area contributed by atoms with E-state index in [4.69, 9.17) is 0 Å². The summed E-state index contributed by atoms with van der Waals surface area (Å²) in [7, 11) is 0. The first-order valence-corrected chi connectivity index (χ1v) is 5.70. The summed E-state index contributed by atoms with van der Waals surface area (Å²) in [6, 6.07) is 7.99. The maximum absolute atomic E-state index is 11.8. The van der Waals surface area contributed by atoms with Gasteiger partial charge in [-0.2, -0.15) is 0 Å². The molecule has 0 atom stereocenters. The number of rotatable bonds is 3. The van der Waals surface area contributed by atoms with Crippen molar-refractivity contribution in [2.75, 3.05) is 0 Å². The van der Waals surface area contributed by atoms with E-state index in [-0.39, 0.29) is 5.78 Å². The van der Waals surface area contributed by atoms with Crippen molar-refractivity contribution in [3.63, 3.8) is 0 Å². The van der Waals surface area contributed by atoms with Crippen molar-refractivity contribution in [2.24, 2.45) is 0 Å². The van der Waals surface area contributed by atoms with E-state index in [2.05, 4.69) is 12.1 Å². The van der Waals surface area contributed by atoms with Crippen LogP contribution >= 0.6 is 11.3 Å². The molecule has 0 fully saturated rings. The van der Waals surface area contributed by atoms with Crippen LogP contribution in [0.1, 0.15) is 30.1 Å². The molecule has 0 unspecified atom stereocenters. The Morgan fingerprint density at radius 1 is 1.36 bits per heavy atom. The summed E-state index contributed by atoms with van der Waals surface area (Å²) in [5.41, 5.74) is 0.888. The van der Waals surface area contributed by atoms with Crippen molar-refractivity contribution in [1.29, 1.82) is 0 Å². The lowest BCUT2D eigenvalue weighted by Gasteiger charge is -2.00. The SMILES string of the molecule is CCCC(=O)c1cccc2ccsc12. The summed E-state index contributed by atoms with van der Waals surface area (Å²) in [4.78, 5) is 11.8. The van der Waals surface area contributed by atoms with Gasteiger partial charge in [-0.3, -0.25) is 4.79 Å². The van der Waals surface area contributed by atoms with Crippen molar-refractivity contribution in [1.82, 2.24) is 0 Å². The first-order valence-electron chi connectivity index (χ1n) is 4.82. The molecule has 0 bridgehead atoms. The molecule has 0 saturated carbocycles. The lowest BCUT2D eigenvalue weighted by Crippen LogP contribution is -1.97. The number of ketones is 1. The van der Waals surface area contributed by atoms with Crippen molar-refractivity contribution >= 4 is 27.2 Å². The van der Waals surface area contributed by atoms with Crippen molar-refractivity contribution in [3.8, 4) is 0 Å². The number of carbonyl (C=O) groups excluding carboxylic acids is 1. The third kappa shape index (κ3) is 1.58. The highest BCUT2D eigenvalue weighted by atomic mass is 32.1. The highest BCUT2D eigenvalue weighted by molar-refractivity contribution is 7.17. The number of hydrogen-bond donors (Lipinski definition) is 0. The Morgan fingerprint density at radius 2 is 2.21 bits per heavy atom. The van der Waals surface area contributed by atoms with Crippen LogP contribution in [-0.2, 0) is 0 Å². The molecule has 1 aromatic heterocycles. The van der Waals surface area contributed by atoms with E-state index in [9.17, 15) is 4.79 Å². The molecule has 0 N–H and O–H groups in total. The number of thiophene rings is 1. The van der Waals surface area contributed by atoms with E-state index < -0.39 is 0 Å². The second-order valence-electron chi connectivity index (χ2n) is 3.32. The molecule has 0 aliphatic carbocycles. The fraction of sp³-hybridized carbons (Fsp3) is 0.250. The zero-order chi connectivity index (χ0) is 9.97. The Labute approximate surface area is 87.4 Å². The number of hydrogen-bond acceptors (Lipinski definition) is 2. The van der Waals surface area contributed by atoms with Crippen LogP contribution in [-0.4, -0.2) is 5.78 Å². The van der Waals surface area contributed by atoms with Crippen LogP contribution in [0.25, 0.3) is 10.1 Å². The minimum Gasteiger partial charge on any atom is -0.294 e. The van der Waals surface area contributed by atoms with E-state index in [0.29, 0.717) is 6.42 Å². The van der Waals surface area contributed by atoms with Crippen molar-refractivity contribution in [3.05, 3.63) is 35.2 Å². The van der Waals surface area contributed by atoms with Crippen LogP contribution in [0.3, 0.4) is 0 Å². The quantitative estimate of drug-likeness (QED) is 0.693. The highest BCUT2D eigenvalue weighted by Gasteiger charge is 2.09. The van der Waals surface area contributed by atoms with E-state index in [1.165, 1.54) is 5.39 Å². The molecule has 1 nitrogen and oxygen atoms in total. The average Bonchev–Trinajstić information content (AvgIpc) is 2.65. The van der Waals surface area contributed by atoms with Gasteiger partial charge in [0.2, 0.25) is 0 Å². The summed E-state index contributed by atoms with van der Waals surface area (Å²) in [6.07, 6.45) is 1.57. The standard InChI is InChI=1S/C12H12OS/c1-2-4-11(13)10-6-3-5-9-7-8-14-12(9)10/h3,5-8H,2,4H2,1H3. The van der Waals surface area contributed by atoms with Gasteiger partial charge < -0.3 is 0 Å². The fourth-order valence-electron chi connectivity index (χ4n) is 1.57. The number of fused-ring (bicyclic) bond motifs is 1. The van der Waals surface area contributed by atoms with Gasteiger partial charge in [0.05, 0.1) is 0 Å². The summed E-state index contributed by atoms with van der Waals surface area (Å²) < 4.78 is 1.13. The molecule has 72 valence electrons. The molecule has 1 aromatic carbocycles. The predicted octanol–water partition coefficient (Wildman–Crippen LogP) is 3.88. The first-order chi connectivity index (χ1) is 6.83. The van der Waals surface area contributed by atoms with Gasteiger partial charge in [0.15, 0.2) is 5.78 Å². The predicted molar refractivity (Wildman–Crippen MR) is 61.1 cm³/mol. The van der Waals surface area contributed by atoms with E-state index in [1.807, 2.05) is 24.4 Å². The van der Waals surface area contributed by atoms with Crippen LogP contribution in [0, 0.1) is 0 Å². The molecule has 0 aliphatic rings. The van der Waals surface area contributed by atoms with Crippen LogP contribution in [0.5, 0.6) is 0 Å². The van der Waals surface area contributed by atoms with Crippen molar-refractivity contribution in [2.45, 2.75) is 19.8 Å². The molecule has 0 amide bonds. The Hall–Kier alpha value is -1.15. The van der Waals surface area contributed by atoms with Gasteiger partial charge >= 0.3 is 0 Å². The van der Waals surface area contributed by atoms with Crippen LogP contribution in [0.4, 0.5) is 0 Å². The van der Waals surface area contributed by atoms with Gasteiger partial charge in [0.25, 0.3) is 0 Å². The monoisotopic (exact) mass is 204 g/mol. The molecule has 0 radical (unpaired) electrons. The van der Waals surface area contributed by atoms with Gasteiger partial charge in [-0.25, -0.2) is 0 Å². The topological polar surface area (TPSA) is 17.1 Å². The molecular weight excluding hydrogens is 192 g/mol. The summed E-state index contributed by atoms with van der Waals surface area (Å²) in [5.74, 6) is 0.264. The lowest BCUT2D eigenvalue weighted by atomic mass is 10.1. The molecule has 2 heteroatoms. The van der Waals surface area contributed by atoms with Crippen LogP contribution < -0.4 is 0 Å². The number of Topliss-reactive ketones (excluding diaryl/α,β-unsaturated/α-hetero) is 1. The van der Waals surface area contributed by atoms with E-state index in [0.717, 1.165) is 16.7 Å². The second-order valence-corrected chi connectivity index (χ2v) is 4.23. The summed E-state index contributed by atoms with van der Waals surface area (Å²) >= 11 is 1.65. The van der Waals surface area contributed by atoms with Crippen LogP contribution in [0.2, 0.25) is 0 Å². The van der Waals surface area contributed by atoms with Gasteiger partial charge in [0, 0.05) is 16.7 Å². The third-order valence-corrected chi connectivity index (χ3v) is 3.22. The van der Waals surface area contributed by atoms with Gasteiger partial charge in [-0.05, 0) is 29.3 Å². The summed E-state index contributed by atoms with van der Waals surface area (Å²) in [5, 5.41) is 3.21. The second kappa shape index (κ2) is 3.93. The van der Waals surface area contributed by atoms with Crippen molar-refractivity contribution < 1.29 is 4.79 Å². The Bertz CT molecular complexity index is 456. The van der Waals surface area contributed by atoms with Gasteiger partial charge in [-0.15, -0.1) is 11.3 Å². The smallest absolute Gasteiger partial charge is 0.164 e. The van der Waals surface area contributed by atoms with E-state index >= 15 is 0 Å². The Morgan fingerprint density at radius 3 is 3.00 bits per heavy atom. The fourth-order valence-corrected chi connectivity index (χ4v) is 2.51. The summed E-state index contributed by atoms with van der Waals surface area (Å²) in [6.45, 7) is 2.03. The van der Waals surface area contributed by atoms with E-state index in [1.54, 1.807) is 11.3 Å². The zero-order valence-electron chi connectivity index (χ0n) is 8.12. The molecule has 2 aromatic rings. The van der Waals surface area contributed by atoms with Crippen LogP contribution in [0.15, 0.2) is 29.6 Å². The number of carbonyl (C=O) groups is 1. The normalized spacial score (nSPS) is 10.6. The average molecular weight is 204 g/mol. The molecule has 0 saturated heterocycles. The molecule has 14 heavy (non-hydrogen) atoms. The Balaban J connectivity index is 2.50. The highest BCUT2D eigenvalue weighted by Crippen LogP contribution is 2.25. The lowest BCUT2D eigenvalue weighted by molar-refractivity contribution is 0.0983. The van der Waals surface area contributed by atoms with Gasteiger partial charge in [0.1, 0.15) is 0 Å². The zero-order valence-corrected chi connectivity index (χ0v) is 8.93.